The van der Waals surface area contributed by atoms with Crippen molar-refractivity contribution in [3.8, 4) is 6.07 Å². The Morgan fingerprint density at radius 3 is 2.10 bits per heavy atom. The maximum atomic E-state index is 13.9. The van der Waals surface area contributed by atoms with Gasteiger partial charge in [-0.25, -0.2) is 8.78 Å². The summed E-state index contributed by atoms with van der Waals surface area (Å²) in [6.45, 7) is 2.29. The van der Waals surface area contributed by atoms with E-state index < -0.39 is 17.2 Å². The molecule has 0 radical (unpaired) electrons. The van der Waals surface area contributed by atoms with E-state index in [0.717, 1.165) is 37.5 Å². The first kappa shape index (κ1) is 24.0. The van der Waals surface area contributed by atoms with Crippen LogP contribution in [0.2, 0.25) is 0 Å². The van der Waals surface area contributed by atoms with Crippen molar-refractivity contribution < 1.29 is 8.78 Å². The molecule has 3 heteroatoms. The molecule has 1 aromatic rings. The van der Waals surface area contributed by atoms with Crippen molar-refractivity contribution in [2.45, 2.75) is 103 Å². The molecule has 2 saturated carbocycles. The van der Waals surface area contributed by atoms with E-state index in [1.807, 2.05) is 0 Å². The van der Waals surface area contributed by atoms with Gasteiger partial charge in [0.15, 0.2) is 0 Å². The molecule has 1 nitrogen and oxygen atoms in total. The Balaban J connectivity index is 1.34. The van der Waals surface area contributed by atoms with Gasteiger partial charge in [-0.05, 0) is 79.9 Å². The SMILES string of the molecule is CCCCCC1CCC(CC/C=C/C2CCC(c3cc(F)c(C#N)c(F)c3)CC2)CC1. The predicted molar refractivity (Wildman–Crippen MR) is 124 cm³/mol. The van der Waals surface area contributed by atoms with Gasteiger partial charge in [-0.2, -0.15) is 5.26 Å². The summed E-state index contributed by atoms with van der Waals surface area (Å²) in [6.07, 6.45) is 22.7. The summed E-state index contributed by atoms with van der Waals surface area (Å²) < 4.78 is 27.8. The first-order valence-electron chi connectivity index (χ1n) is 12.7. The second-order valence-corrected chi connectivity index (χ2v) is 9.97. The Morgan fingerprint density at radius 2 is 1.52 bits per heavy atom. The van der Waals surface area contributed by atoms with Crippen LogP contribution in [0.3, 0.4) is 0 Å². The minimum absolute atomic E-state index is 0.203. The lowest BCUT2D eigenvalue weighted by molar-refractivity contribution is 0.250. The molecule has 170 valence electrons. The van der Waals surface area contributed by atoms with Gasteiger partial charge in [-0.1, -0.05) is 70.4 Å². The van der Waals surface area contributed by atoms with Gasteiger partial charge in [0.25, 0.3) is 0 Å². The zero-order valence-electron chi connectivity index (χ0n) is 19.2. The molecule has 3 rings (SSSR count). The zero-order valence-corrected chi connectivity index (χ0v) is 19.2. The van der Waals surface area contributed by atoms with Gasteiger partial charge in [-0.3, -0.25) is 0 Å². The number of nitriles is 1. The highest BCUT2D eigenvalue weighted by molar-refractivity contribution is 5.36. The molecule has 0 aromatic heterocycles. The van der Waals surface area contributed by atoms with Crippen LogP contribution in [0, 0.1) is 40.7 Å². The average molecular weight is 428 g/mol. The fraction of sp³-hybridized carbons (Fsp3) is 0.679. The van der Waals surface area contributed by atoms with Crippen molar-refractivity contribution in [1.82, 2.24) is 0 Å². The van der Waals surface area contributed by atoms with Crippen LogP contribution in [0.4, 0.5) is 8.78 Å². The molecule has 0 N–H and O–H groups in total. The summed E-state index contributed by atoms with van der Waals surface area (Å²) in [7, 11) is 0. The second kappa shape index (κ2) is 12.4. The number of hydrogen-bond donors (Lipinski definition) is 0. The van der Waals surface area contributed by atoms with Crippen LogP contribution < -0.4 is 0 Å². The molecule has 0 heterocycles. The number of hydrogen-bond acceptors (Lipinski definition) is 1. The Morgan fingerprint density at radius 1 is 0.903 bits per heavy atom. The fourth-order valence-electron chi connectivity index (χ4n) is 5.69. The standard InChI is InChI=1S/C28H39F2N/c1-2-3-4-7-21-10-12-22(13-11-21)8-5-6-9-23-14-16-24(17-15-23)25-18-27(29)26(20-31)28(30)19-25/h6,9,18-19,21-24H,2-5,7-8,10-17H2,1H3/b9-6+. The van der Waals surface area contributed by atoms with Crippen LogP contribution in [-0.2, 0) is 0 Å². The molecular formula is C28H39F2N. The van der Waals surface area contributed by atoms with Crippen LogP contribution in [-0.4, -0.2) is 0 Å². The molecule has 1 aromatic carbocycles. The van der Waals surface area contributed by atoms with Crippen LogP contribution in [0.1, 0.15) is 114 Å². The van der Waals surface area contributed by atoms with Gasteiger partial charge in [0.2, 0.25) is 0 Å². The molecule has 0 unspecified atom stereocenters. The van der Waals surface area contributed by atoms with Crippen LogP contribution >= 0.6 is 0 Å². The van der Waals surface area contributed by atoms with Crippen molar-refractivity contribution in [2.24, 2.45) is 17.8 Å². The maximum Gasteiger partial charge on any atom is 0.144 e. The summed E-state index contributed by atoms with van der Waals surface area (Å²) >= 11 is 0. The monoisotopic (exact) mass is 427 g/mol. The minimum atomic E-state index is -0.727. The maximum absolute atomic E-state index is 13.9. The lowest BCUT2D eigenvalue weighted by atomic mass is 9.77. The molecular weight excluding hydrogens is 388 g/mol. The lowest BCUT2D eigenvalue weighted by Gasteiger charge is -2.28. The molecule has 0 aliphatic heterocycles. The van der Waals surface area contributed by atoms with Crippen molar-refractivity contribution in [1.29, 1.82) is 5.26 Å². The van der Waals surface area contributed by atoms with Crippen molar-refractivity contribution in [2.75, 3.05) is 0 Å². The van der Waals surface area contributed by atoms with E-state index in [4.69, 9.17) is 5.26 Å². The van der Waals surface area contributed by atoms with E-state index in [9.17, 15) is 8.78 Å². The van der Waals surface area contributed by atoms with Gasteiger partial charge in [0, 0.05) is 0 Å². The Hall–Kier alpha value is -1.69. The lowest BCUT2D eigenvalue weighted by Crippen LogP contribution is -2.14. The van der Waals surface area contributed by atoms with E-state index in [-0.39, 0.29) is 5.92 Å². The average Bonchev–Trinajstić information content (AvgIpc) is 2.78. The number of unbranched alkanes of at least 4 members (excludes halogenated alkanes) is 2. The van der Waals surface area contributed by atoms with E-state index in [1.165, 1.54) is 76.3 Å². The van der Waals surface area contributed by atoms with Crippen LogP contribution in [0.5, 0.6) is 0 Å². The van der Waals surface area contributed by atoms with Gasteiger partial charge in [0.1, 0.15) is 23.3 Å². The molecule has 0 saturated heterocycles. The zero-order chi connectivity index (χ0) is 22.1. The smallest absolute Gasteiger partial charge is 0.144 e. The molecule has 2 aliphatic rings. The third-order valence-electron chi connectivity index (χ3n) is 7.75. The van der Waals surface area contributed by atoms with Crippen molar-refractivity contribution >= 4 is 0 Å². The van der Waals surface area contributed by atoms with Gasteiger partial charge in [-0.15, -0.1) is 0 Å². The highest BCUT2D eigenvalue weighted by atomic mass is 19.1. The Kier molecular flexibility index (Phi) is 9.56. The highest BCUT2D eigenvalue weighted by Crippen LogP contribution is 2.38. The number of halogens is 2. The number of rotatable bonds is 9. The Bertz CT molecular complexity index is 724. The number of nitrogens with zero attached hydrogens (tertiary/aromatic N) is 1. The van der Waals surface area contributed by atoms with E-state index in [2.05, 4.69) is 19.1 Å². The normalized spacial score (nSPS) is 26.8. The largest absolute Gasteiger partial charge is 0.205 e. The van der Waals surface area contributed by atoms with Gasteiger partial charge in [0.05, 0.1) is 0 Å². The van der Waals surface area contributed by atoms with E-state index in [1.54, 1.807) is 6.07 Å². The molecule has 0 amide bonds. The molecule has 0 spiro atoms. The van der Waals surface area contributed by atoms with E-state index in [0.29, 0.717) is 11.5 Å². The summed E-state index contributed by atoms with van der Waals surface area (Å²) in [5.74, 6) is 1.26. The molecule has 2 aliphatic carbocycles. The second-order valence-electron chi connectivity index (χ2n) is 9.97. The van der Waals surface area contributed by atoms with E-state index >= 15 is 0 Å². The first-order chi connectivity index (χ1) is 15.1. The first-order valence-corrected chi connectivity index (χ1v) is 12.7. The molecule has 0 bridgehead atoms. The molecule has 2 fully saturated rings. The predicted octanol–water partition coefficient (Wildman–Crippen LogP) is 8.83. The van der Waals surface area contributed by atoms with Crippen molar-refractivity contribution in [3.05, 3.63) is 47.0 Å². The number of benzene rings is 1. The summed E-state index contributed by atoms with van der Waals surface area (Å²) in [5, 5.41) is 8.83. The third kappa shape index (κ3) is 7.16. The fourth-order valence-corrected chi connectivity index (χ4v) is 5.69. The van der Waals surface area contributed by atoms with Gasteiger partial charge < -0.3 is 0 Å². The minimum Gasteiger partial charge on any atom is -0.205 e. The summed E-state index contributed by atoms with van der Waals surface area (Å²) in [5.41, 5.74) is 0.243. The third-order valence-corrected chi connectivity index (χ3v) is 7.75. The molecule has 0 atom stereocenters. The Labute approximate surface area is 187 Å². The number of allylic oxidation sites excluding steroid dienone is 2. The highest BCUT2D eigenvalue weighted by Gasteiger charge is 2.23. The summed E-state index contributed by atoms with van der Waals surface area (Å²) in [6, 6.07) is 4.33. The topological polar surface area (TPSA) is 23.8 Å². The van der Waals surface area contributed by atoms with Crippen LogP contribution in [0.15, 0.2) is 24.3 Å². The molecule has 31 heavy (non-hydrogen) atoms. The summed E-state index contributed by atoms with van der Waals surface area (Å²) in [4.78, 5) is 0. The van der Waals surface area contributed by atoms with Crippen LogP contribution in [0.25, 0.3) is 0 Å². The van der Waals surface area contributed by atoms with Gasteiger partial charge >= 0.3 is 0 Å². The quantitative estimate of drug-likeness (QED) is 0.285. The van der Waals surface area contributed by atoms with Crippen molar-refractivity contribution in [3.63, 3.8) is 0 Å².